The zero-order valence-electron chi connectivity index (χ0n) is 9.43. The molecule has 94 valence electrons. The number of ether oxygens (including phenoxy) is 1. The van der Waals surface area contributed by atoms with Crippen molar-refractivity contribution in [1.82, 2.24) is 4.98 Å². The van der Waals surface area contributed by atoms with Crippen molar-refractivity contribution in [3.8, 4) is 5.75 Å². The Morgan fingerprint density at radius 3 is 2.89 bits per heavy atom. The number of rotatable bonds is 5. The molecule has 6 heteroatoms. The molecule has 0 unspecified atom stereocenters. The van der Waals surface area contributed by atoms with Crippen molar-refractivity contribution < 1.29 is 9.53 Å². The number of nitrogens with zero attached hydrogens (tertiary/aromatic N) is 1. The second kappa shape index (κ2) is 5.95. The van der Waals surface area contributed by atoms with E-state index in [2.05, 4.69) is 4.98 Å². The molecule has 0 atom stereocenters. The topological polar surface area (TPSA) is 65.2 Å². The number of halogens is 1. The zero-order valence-corrected chi connectivity index (χ0v) is 11.0. The van der Waals surface area contributed by atoms with Crippen LogP contribution in [0.3, 0.4) is 0 Å². The third kappa shape index (κ3) is 3.07. The first kappa shape index (κ1) is 13.0. The van der Waals surface area contributed by atoms with Crippen molar-refractivity contribution in [3.63, 3.8) is 0 Å². The molecule has 2 rings (SSSR count). The third-order valence-corrected chi connectivity index (χ3v) is 3.36. The number of benzene rings is 1. The Hall–Kier alpha value is -1.43. The van der Waals surface area contributed by atoms with Crippen LogP contribution in [0.15, 0.2) is 30.5 Å². The summed E-state index contributed by atoms with van der Waals surface area (Å²) >= 11 is 7.07. The summed E-state index contributed by atoms with van der Waals surface area (Å²) < 4.78 is 6.07. The summed E-state index contributed by atoms with van der Waals surface area (Å²) in [5.74, 6) is 0.380. The van der Waals surface area contributed by atoms with Gasteiger partial charge in [0, 0.05) is 6.20 Å². The summed E-state index contributed by atoms with van der Waals surface area (Å²) in [7, 11) is 0. The Bertz CT molecular complexity index is 557. The van der Waals surface area contributed by atoms with Gasteiger partial charge in [0.1, 0.15) is 12.4 Å². The number of aromatic nitrogens is 1. The van der Waals surface area contributed by atoms with Crippen LogP contribution in [0.5, 0.6) is 5.75 Å². The fraction of sp³-hybridized carbons (Fsp3) is 0.167. The Morgan fingerprint density at radius 2 is 2.22 bits per heavy atom. The molecule has 0 spiro atoms. The molecule has 18 heavy (non-hydrogen) atoms. The lowest BCUT2D eigenvalue weighted by Crippen LogP contribution is -2.14. The molecule has 2 aromatic rings. The number of para-hydroxylation sites is 1. The first-order valence-corrected chi connectivity index (χ1v) is 6.45. The smallest absolute Gasteiger partial charge is 0.183 e. The summed E-state index contributed by atoms with van der Waals surface area (Å²) in [6.45, 7) is 0.298. The van der Waals surface area contributed by atoms with E-state index >= 15 is 0 Å². The summed E-state index contributed by atoms with van der Waals surface area (Å²) in [6, 6.07) is 7.03. The number of hydrogen-bond donors (Lipinski definition) is 1. The Balaban J connectivity index is 2.11. The molecule has 1 heterocycles. The van der Waals surface area contributed by atoms with E-state index in [1.54, 1.807) is 24.4 Å². The van der Waals surface area contributed by atoms with Gasteiger partial charge in [-0.2, -0.15) is 0 Å². The predicted molar refractivity (Wildman–Crippen MR) is 71.3 cm³/mol. The van der Waals surface area contributed by atoms with Gasteiger partial charge in [0.15, 0.2) is 10.3 Å². The molecular weight excluding hydrogens is 272 g/mol. The molecule has 0 amide bonds. The van der Waals surface area contributed by atoms with Crippen LogP contribution in [0.4, 0.5) is 0 Å². The van der Waals surface area contributed by atoms with Gasteiger partial charge < -0.3 is 10.5 Å². The minimum absolute atomic E-state index is 0.0350. The Labute approximate surface area is 113 Å². The van der Waals surface area contributed by atoms with Gasteiger partial charge >= 0.3 is 0 Å². The maximum Gasteiger partial charge on any atom is 0.183 e. The summed E-state index contributed by atoms with van der Waals surface area (Å²) in [5, 5.41) is 0. The number of Topliss-reactive ketones (excluding diaryl/α,β-unsaturated/α-hetero) is 1. The molecule has 1 aromatic carbocycles. The highest BCUT2D eigenvalue weighted by Crippen LogP contribution is 2.22. The molecule has 0 saturated heterocycles. The summed E-state index contributed by atoms with van der Waals surface area (Å²) in [4.78, 5) is 16.4. The zero-order chi connectivity index (χ0) is 13.0. The molecule has 0 saturated carbocycles. The average molecular weight is 283 g/mol. The number of hydrogen-bond acceptors (Lipinski definition) is 5. The highest BCUT2D eigenvalue weighted by atomic mass is 35.5. The van der Waals surface area contributed by atoms with Crippen molar-refractivity contribution >= 4 is 28.7 Å². The number of carbonyl (C=O) groups is 1. The maximum absolute atomic E-state index is 11.6. The molecule has 0 aliphatic heterocycles. The molecule has 1 aromatic heterocycles. The molecule has 0 aliphatic carbocycles. The van der Waals surface area contributed by atoms with E-state index in [1.807, 2.05) is 6.07 Å². The van der Waals surface area contributed by atoms with Gasteiger partial charge in [-0.15, -0.1) is 11.3 Å². The molecule has 0 aliphatic rings. The SMILES string of the molecule is NCC(=O)c1ccccc1OCc1cnc(Cl)s1. The maximum atomic E-state index is 11.6. The van der Waals surface area contributed by atoms with Crippen LogP contribution in [0, 0.1) is 0 Å². The summed E-state index contributed by atoms with van der Waals surface area (Å²) in [6.07, 6.45) is 1.65. The minimum Gasteiger partial charge on any atom is -0.487 e. The number of thiazole rings is 1. The average Bonchev–Trinajstić information content (AvgIpc) is 2.81. The van der Waals surface area contributed by atoms with Gasteiger partial charge in [-0.05, 0) is 12.1 Å². The van der Waals surface area contributed by atoms with E-state index in [0.717, 1.165) is 4.88 Å². The monoisotopic (exact) mass is 282 g/mol. The van der Waals surface area contributed by atoms with Crippen LogP contribution in [-0.4, -0.2) is 17.3 Å². The van der Waals surface area contributed by atoms with Gasteiger partial charge in [-0.3, -0.25) is 4.79 Å². The van der Waals surface area contributed by atoms with Crippen LogP contribution in [0.25, 0.3) is 0 Å². The lowest BCUT2D eigenvalue weighted by atomic mass is 10.1. The van der Waals surface area contributed by atoms with E-state index in [-0.39, 0.29) is 12.3 Å². The first-order chi connectivity index (χ1) is 8.70. The van der Waals surface area contributed by atoms with Gasteiger partial charge in [-0.25, -0.2) is 4.98 Å². The number of ketones is 1. The van der Waals surface area contributed by atoms with Crippen LogP contribution in [0.2, 0.25) is 4.47 Å². The molecule has 2 N–H and O–H groups in total. The highest BCUT2D eigenvalue weighted by molar-refractivity contribution is 7.15. The highest BCUT2D eigenvalue weighted by Gasteiger charge is 2.10. The van der Waals surface area contributed by atoms with E-state index < -0.39 is 0 Å². The molecule has 0 radical (unpaired) electrons. The third-order valence-electron chi connectivity index (χ3n) is 2.27. The van der Waals surface area contributed by atoms with Crippen LogP contribution >= 0.6 is 22.9 Å². The predicted octanol–water partition coefficient (Wildman–Crippen LogP) is 2.52. The van der Waals surface area contributed by atoms with E-state index in [1.165, 1.54) is 11.3 Å². The second-order valence-corrected chi connectivity index (χ2v) is 5.19. The Morgan fingerprint density at radius 1 is 1.44 bits per heavy atom. The lowest BCUT2D eigenvalue weighted by Gasteiger charge is -2.08. The standard InChI is InChI=1S/C12H11ClN2O2S/c13-12-15-6-8(18-12)7-17-11-4-2-1-3-9(11)10(16)5-14/h1-4,6H,5,7,14H2. The molecule has 0 bridgehead atoms. The molecular formula is C12H11ClN2O2S. The summed E-state index contributed by atoms with van der Waals surface area (Å²) in [5.41, 5.74) is 5.85. The Kier molecular flexibility index (Phi) is 4.30. The van der Waals surface area contributed by atoms with Crippen molar-refractivity contribution in [2.75, 3.05) is 6.54 Å². The van der Waals surface area contributed by atoms with Crippen molar-refractivity contribution in [2.24, 2.45) is 5.73 Å². The number of carbonyl (C=O) groups excluding carboxylic acids is 1. The fourth-order valence-electron chi connectivity index (χ4n) is 1.43. The second-order valence-electron chi connectivity index (χ2n) is 3.49. The van der Waals surface area contributed by atoms with E-state index in [4.69, 9.17) is 22.1 Å². The number of nitrogens with two attached hydrogens (primary N) is 1. The van der Waals surface area contributed by atoms with Crippen LogP contribution in [-0.2, 0) is 6.61 Å². The minimum atomic E-state index is -0.145. The largest absolute Gasteiger partial charge is 0.487 e. The van der Waals surface area contributed by atoms with Gasteiger partial charge in [0.25, 0.3) is 0 Å². The van der Waals surface area contributed by atoms with Crippen LogP contribution in [0.1, 0.15) is 15.2 Å². The van der Waals surface area contributed by atoms with Gasteiger partial charge in [-0.1, -0.05) is 23.7 Å². The normalized spacial score (nSPS) is 10.3. The lowest BCUT2D eigenvalue weighted by molar-refractivity contribution is 0.0997. The van der Waals surface area contributed by atoms with Crippen molar-refractivity contribution in [1.29, 1.82) is 0 Å². The van der Waals surface area contributed by atoms with Crippen LogP contribution < -0.4 is 10.5 Å². The molecule has 4 nitrogen and oxygen atoms in total. The van der Waals surface area contributed by atoms with E-state index in [0.29, 0.717) is 22.4 Å². The first-order valence-electron chi connectivity index (χ1n) is 5.26. The molecule has 0 fully saturated rings. The van der Waals surface area contributed by atoms with E-state index in [9.17, 15) is 4.79 Å². The fourth-order valence-corrected chi connectivity index (χ4v) is 2.32. The van der Waals surface area contributed by atoms with Gasteiger partial charge in [0.2, 0.25) is 0 Å². The van der Waals surface area contributed by atoms with Gasteiger partial charge in [0.05, 0.1) is 17.0 Å². The van der Waals surface area contributed by atoms with Crippen molar-refractivity contribution in [3.05, 3.63) is 45.4 Å². The quantitative estimate of drug-likeness (QED) is 0.856. The van der Waals surface area contributed by atoms with Crippen molar-refractivity contribution in [2.45, 2.75) is 6.61 Å².